The maximum Gasteiger partial charge on any atom is 0.266 e. The molecule has 1 atom stereocenters. The van der Waals surface area contributed by atoms with Crippen LogP contribution in [0.5, 0.6) is 5.75 Å². The number of amides is 3. The highest BCUT2D eigenvalue weighted by Crippen LogP contribution is 2.30. The molecular weight excluding hydrogens is 506 g/mol. The quantitative estimate of drug-likeness (QED) is 0.304. The van der Waals surface area contributed by atoms with E-state index in [1.54, 1.807) is 62.4 Å². The Hall–Kier alpha value is -4.51. The van der Waals surface area contributed by atoms with E-state index in [2.05, 4.69) is 20.9 Å². The molecule has 0 aliphatic rings. The van der Waals surface area contributed by atoms with Crippen LogP contribution in [0.3, 0.4) is 0 Å². The van der Waals surface area contributed by atoms with Gasteiger partial charge in [0, 0.05) is 18.3 Å². The van der Waals surface area contributed by atoms with Gasteiger partial charge in [-0.15, -0.1) is 11.3 Å². The van der Waals surface area contributed by atoms with Gasteiger partial charge in [0.2, 0.25) is 11.8 Å². The lowest BCUT2D eigenvalue weighted by atomic mass is 10.1. The Morgan fingerprint density at radius 1 is 1.03 bits per heavy atom. The van der Waals surface area contributed by atoms with Crippen molar-refractivity contribution in [1.29, 1.82) is 0 Å². The number of aromatic nitrogens is 2. The molecule has 1 unspecified atom stereocenters. The molecule has 2 aromatic heterocycles. The van der Waals surface area contributed by atoms with E-state index in [4.69, 9.17) is 4.74 Å². The summed E-state index contributed by atoms with van der Waals surface area (Å²) < 4.78 is 6.60. The van der Waals surface area contributed by atoms with Gasteiger partial charge in [0.25, 0.3) is 11.5 Å². The zero-order valence-electron chi connectivity index (χ0n) is 21.3. The molecule has 38 heavy (non-hydrogen) atoms. The van der Waals surface area contributed by atoms with Crippen LogP contribution in [-0.2, 0) is 9.59 Å². The molecule has 2 heterocycles. The van der Waals surface area contributed by atoms with Crippen LogP contribution >= 0.6 is 11.3 Å². The Kier molecular flexibility index (Phi) is 7.87. The number of ether oxygens (including phenoxy) is 1. The molecule has 0 radical (unpaired) electrons. The Morgan fingerprint density at radius 2 is 1.68 bits per heavy atom. The average Bonchev–Trinajstić information content (AvgIpc) is 3.24. The van der Waals surface area contributed by atoms with Crippen molar-refractivity contribution in [1.82, 2.24) is 9.55 Å². The van der Waals surface area contributed by atoms with E-state index >= 15 is 0 Å². The summed E-state index contributed by atoms with van der Waals surface area (Å²) in [5.41, 5.74) is 1.73. The summed E-state index contributed by atoms with van der Waals surface area (Å²) in [6.45, 7) is 4.91. The third kappa shape index (κ3) is 5.42. The fraction of sp³-hybridized carbons (Fsp3) is 0.222. The topological polar surface area (TPSA) is 131 Å². The van der Waals surface area contributed by atoms with Crippen molar-refractivity contribution < 1.29 is 19.1 Å². The fourth-order valence-electron chi connectivity index (χ4n) is 4.08. The first-order valence-electron chi connectivity index (χ1n) is 11.9. The molecule has 0 saturated carbocycles. The number of methoxy groups -OCH3 is 1. The number of rotatable bonds is 8. The molecule has 0 spiro atoms. The molecule has 10 nitrogen and oxygen atoms in total. The van der Waals surface area contributed by atoms with E-state index in [0.29, 0.717) is 49.9 Å². The van der Waals surface area contributed by atoms with E-state index in [9.17, 15) is 19.2 Å². The lowest BCUT2D eigenvalue weighted by Gasteiger charge is -2.18. The fourth-order valence-corrected chi connectivity index (χ4v) is 5.11. The van der Waals surface area contributed by atoms with Crippen molar-refractivity contribution in [2.75, 3.05) is 23.1 Å². The number of anilines is 3. The van der Waals surface area contributed by atoms with E-state index in [1.165, 1.54) is 24.9 Å². The lowest BCUT2D eigenvalue weighted by Crippen LogP contribution is -2.33. The highest BCUT2D eigenvalue weighted by molar-refractivity contribution is 7.20. The summed E-state index contributed by atoms with van der Waals surface area (Å²) in [4.78, 5) is 56.1. The van der Waals surface area contributed by atoms with Crippen molar-refractivity contribution in [3.05, 3.63) is 75.7 Å². The van der Waals surface area contributed by atoms with Crippen LogP contribution in [0.1, 0.15) is 41.5 Å². The smallest absolute Gasteiger partial charge is 0.266 e. The Morgan fingerprint density at radius 3 is 2.32 bits per heavy atom. The number of nitrogens with one attached hydrogen (secondary N) is 3. The van der Waals surface area contributed by atoms with Gasteiger partial charge in [-0.25, -0.2) is 4.98 Å². The van der Waals surface area contributed by atoms with Crippen LogP contribution in [-0.4, -0.2) is 34.4 Å². The van der Waals surface area contributed by atoms with Crippen LogP contribution in [0.15, 0.2) is 59.7 Å². The molecule has 0 aliphatic carbocycles. The monoisotopic (exact) mass is 533 g/mol. The van der Waals surface area contributed by atoms with Gasteiger partial charge in [-0.2, -0.15) is 0 Å². The molecule has 2 aromatic carbocycles. The first-order valence-corrected chi connectivity index (χ1v) is 12.7. The van der Waals surface area contributed by atoms with Crippen molar-refractivity contribution >= 4 is 56.3 Å². The first-order chi connectivity index (χ1) is 18.2. The third-order valence-electron chi connectivity index (χ3n) is 5.94. The Bertz CT molecular complexity index is 1580. The number of nitrogens with zero attached hydrogens (tertiary/aromatic N) is 2. The van der Waals surface area contributed by atoms with Crippen molar-refractivity contribution in [3.63, 3.8) is 0 Å². The molecule has 0 bridgehead atoms. The number of aryl methyl sites for hydroxylation is 1. The molecule has 0 aliphatic heterocycles. The first kappa shape index (κ1) is 26.6. The lowest BCUT2D eigenvalue weighted by molar-refractivity contribution is -0.119. The molecule has 0 saturated heterocycles. The summed E-state index contributed by atoms with van der Waals surface area (Å²) in [6.07, 6.45) is 1.68. The maximum atomic E-state index is 13.5. The number of carbonyl (C=O) groups excluding carboxylic acids is 3. The predicted molar refractivity (Wildman–Crippen MR) is 148 cm³/mol. The van der Waals surface area contributed by atoms with Crippen LogP contribution in [0.25, 0.3) is 10.2 Å². The number of carbonyl (C=O) groups is 3. The van der Waals surface area contributed by atoms with Gasteiger partial charge >= 0.3 is 0 Å². The van der Waals surface area contributed by atoms with E-state index < -0.39 is 11.6 Å². The van der Waals surface area contributed by atoms with Gasteiger partial charge in [0.15, 0.2) is 0 Å². The summed E-state index contributed by atoms with van der Waals surface area (Å²) in [6, 6.07) is 12.9. The largest absolute Gasteiger partial charge is 0.495 e. The second-order valence-electron chi connectivity index (χ2n) is 8.52. The zero-order chi connectivity index (χ0) is 27.4. The second kappa shape index (κ2) is 11.3. The SMILES string of the molecule is CCC(C(=O)Nc1ccc(NC(C)=O)cc1)n1cnc2sc(C(=O)Nc3ccccc3OC)c(C)c2c1=O. The van der Waals surface area contributed by atoms with Crippen LogP contribution < -0.4 is 26.2 Å². The molecule has 11 heteroatoms. The average molecular weight is 534 g/mol. The summed E-state index contributed by atoms with van der Waals surface area (Å²) in [7, 11) is 1.52. The van der Waals surface area contributed by atoms with Crippen molar-refractivity contribution in [3.8, 4) is 5.75 Å². The molecule has 3 amide bonds. The molecule has 4 rings (SSSR count). The number of fused-ring (bicyclic) bond motifs is 1. The Labute approximate surface area is 222 Å². The maximum absolute atomic E-state index is 13.5. The van der Waals surface area contributed by atoms with Crippen molar-refractivity contribution in [2.24, 2.45) is 0 Å². The summed E-state index contributed by atoms with van der Waals surface area (Å²) >= 11 is 1.12. The number of benzene rings is 2. The van der Waals surface area contributed by atoms with Gasteiger partial charge in [0.1, 0.15) is 16.6 Å². The van der Waals surface area contributed by atoms with Crippen LogP contribution in [0, 0.1) is 6.92 Å². The molecule has 0 fully saturated rings. The zero-order valence-corrected chi connectivity index (χ0v) is 22.1. The van der Waals surface area contributed by atoms with E-state index in [-0.39, 0.29) is 17.7 Å². The minimum atomic E-state index is -0.820. The summed E-state index contributed by atoms with van der Waals surface area (Å²) in [5, 5.41) is 8.61. The molecular formula is C27H27N5O5S. The number of hydrogen-bond donors (Lipinski definition) is 3. The molecule has 196 valence electrons. The van der Waals surface area contributed by atoms with Crippen LogP contribution in [0.4, 0.5) is 17.1 Å². The highest BCUT2D eigenvalue weighted by atomic mass is 32.1. The predicted octanol–water partition coefficient (Wildman–Crippen LogP) is 4.58. The second-order valence-corrected chi connectivity index (χ2v) is 9.52. The minimum Gasteiger partial charge on any atom is -0.495 e. The van der Waals surface area contributed by atoms with Crippen molar-refractivity contribution in [2.45, 2.75) is 33.2 Å². The summed E-state index contributed by atoms with van der Waals surface area (Å²) in [5.74, 6) is -0.445. The number of thiophene rings is 1. The molecule has 3 N–H and O–H groups in total. The van der Waals surface area contributed by atoms with Gasteiger partial charge in [0.05, 0.1) is 29.4 Å². The van der Waals surface area contributed by atoms with Gasteiger partial charge in [-0.3, -0.25) is 23.7 Å². The third-order valence-corrected chi connectivity index (χ3v) is 7.13. The van der Waals surface area contributed by atoms with Crippen LogP contribution in [0.2, 0.25) is 0 Å². The van der Waals surface area contributed by atoms with E-state index in [1.807, 2.05) is 0 Å². The van der Waals surface area contributed by atoms with Gasteiger partial charge in [-0.1, -0.05) is 19.1 Å². The van der Waals surface area contributed by atoms with Gasteiger partial charge in [-0.05, 0) is 55.3 Å². The highest BCUT2D eigenvalue weighted by Gasteiger charge is 2.25. The number of hydrogen-bond acceptors (Lipinski definition) is 7. The Balaban J connectivity index is 1.60. The molecule has 4 aromatic rings. The van der Waals surface area contributed by atoms with Gasteiger partial charge < -0.3 is 20.7 Å². The number of para-hydroxylation sites is 2. The standard InChI is InChI=1S/C27H27N5O5S/c1-5-20(24(34)30-18-12-10-17(11-13-18)29-16(3)33)32-14-28-26-22(27(32)36)15(2)23(38-26)25(35)31-19-8-6-7-9-21(19)37-4/h6-14,20H,5H2,1-4H3,(H,29,33)(H,30,34)(H,31,35). The van der Waals surface area contributed by atoms with E-state index in [0.717, 1.165) is 11.3 Å². The minimum absolute atomic E-state index is 0.195. The normalized spacial score (nSPS) is 11.6.